The summed E-state index contributed by atoms with van der Waals surface area (Å²) in [5.74, 6) is -5.08. The van der Waals surface area contributed by atoms with E-state index in [0.717, 1.165) is 5.52 Å². The summed E-state index contributed by atoms with van der Waals surface area (Å²) in [5, 5.41) is -0.333. The van der Waals surface area contributed by atoms with E-state index in [1.807, 2.05) is 6.07 Å². The van der Waals surface area contributed by atoms with Crippen LogP contribution in [0.1, 0.15) is 35.8 Å². The number of aromatic amines is 1. The van der Waals surface area contributed by atoms with Gasteiger partial charge in [0.05, 0.1) is 32.8 Å². The molecule has 0 aliphatic heterocycles. The van der Waals surface area contributed by atoms with E-state index in [4.69, 9.17) is 4.74 Å². The zero-order valence-corrected chi connectivity index (χ0v) is 16.9. The average molecular weight is 459 g/mol. The van der Waals surface area contributed by atoms with Crippen LogP contribution >= 0.6 is 0 Å². The first-order chi connectivity index (χ1) is 14.7. The van der Waals surface area contributed by atoms with E-state index < -0.39 is 34.8 Å². The van der Waals surface area contributed by atoms with Crippen LogP contribution in [0.5, 0.6) is 5.75 Å². The van der Waals surface area contributed by atoms with Crippen molar-refractivity contribution in [3.63, 3.8) is 0 Å². The second-order valence-electron chi connectivity index (χ2n) is 7.25. The fraction of sp³-hybridized carbons (Fsp3) is 0.400. The minimum Gasteiger partial charge on any atom is -0.487 e. The molecule has 2 atom stereocenters. The van der Waals surface area contributed by atoms with Gasteiger partial charge in [-0.05, 0) is 37.5 Å². The predicted molar refractivity (Wildman–Crippen MR) is 104 cm³/mol. The Bertz CT molecular complexity index is 1080. The number of halogens is 5. The number of hydrogen-bond donors (Lipinski definition) is 1. The van der Waals surface area contributed by atoms with Gasteiger partial charge in [0.15, 0.2) is 11.8 Å². The van der Waals surface area contributed by atoms with Crippen molar-refractivity contribution >= 4 is 21.8 Å². The van der Waals surface area contributed by atoms with Crippen molar-refractivity contribution in [2.24, 2.45) is 0 Å². The summed E-state index contributed by atoms with van der Waals surface area (Å²) >= 11 is 0. The summed E-state index contributed by atoms with van der Waals surface area (Å²) < 4.78 is 82.3. The van der Waals surface area contributed by atoms with Crippen LogP contribution in [0.4, 0.5) is 22.0 Å². The van der Waals surface area contributed by atoms with E-state index in [2.05, 4.69) is 15.0 Å². The van der Waals surface area contributed by atoms with Gasteiger partial charge in [0, 0.05) is 11.8 Å². The summed E-state index contributed by atoms with van der Waals surface area (Å²) in [6.45, 7) is -1.83. The highest BCUT2D eigenvalue weighted by molar-refractivity contribution is 7.85. The highest BCUT2D eigenvalue weighted by Gasteiger charge is 2.58. The molecule has 0 fully saturated rings. The number of para-hydroxylation sites is 2. The summed E-state index contributed by atoms with van der Waals surface area (Å²) in [7, 11) is -1.63. The van der Waals surface area contributed by atoms with Gasteiger partial charge in [0.2, 0.25) is 0 Å². The van der Waals surface area contributed by atoms with Crippen LogP contribution in [0.3, 0.4) is 0 Å². The molecule has 1 N–H and O–H groups in total. The second-order valence-corrected chi connectivity index (χ2v) is 8.81. The lowest BCUT2D eigenvalue weighted by atomic mass is 10.1. The summed E-state index contributed by atoms with van der Waals surface area (Å²) in [6.07, 6.45) is -2.23. The highest BCUT2D eigenvalue weighted by atomic mass is 32.2. The van der Waals surface area contributed by atoms with E-state index in [0.29, 0.717) is 42.5 Å². The van der Waals surface area contributed by atoms with Crippen molar-refractivity contribution in [1.82, 2.24) is 15.0 Å². The molecule has 2 heterocycles. The molecule has 1 aliphatic carbocycles. The lowest BCUT2D eigenvalue weighted by molar-refractivity contribution is -0.290. The Labute approximate surface area is 176 Å². The average Bonchev–Trinajstić information content (AvgIpc) is 3.04. The van der Waals surface area contributed by atoms with Gasteiger partial charge < -0.3 is 9.72 Å². The lowest BCUT2D eigenvalue weighted by Gasteiger charge is -2.22. The molecule has 0 saturated carbocycles. The predicted octanol–water partition coefficient (Wildman–Crippen LogP) is 5.11. The van der Waals surface area contributed by atoms with Crippen molar-refractivity contribution in [2.45, 2.75) is 48.2 Å². The zero-order valence-electron chi connectivity index (χ0n) is 16.1. The first-order valence-electron chi connectivity index (χ1n) is 9.58. The maximum atomic E-state index is 13.3. The molecule has 0 bridgehead atoms. The Morgan fingerprint density at radius 2 is 1.90 bits per heavy atom. The van der Waals surface area contributed by atoms with E-state index in [9.17, 15) is 26.2 Å². The molecule has 0 amide bonds. The first-order valence-corrected chi connectivity index (χ1v) is 10.8. The number of aromatic nitrogens is 3. The van der Waals surface area contributed by atoms with E-state index in [-0.39, 0.29) is 10.9 Å². The van der Waals surface area contributed by atoms with Crippen LogP contribution in [0.15, 0.2) is 41.7 Å². The molecule has 11 heteroatoms. The van der Waals surface area contributed by atoms with Gasteiger partial charge in [-0.15, -0.1) is 0 Å². The fourth-order valence-corrected chi connectivity index (χ4v) is 5.00. The van der Waals surface area contributed by atoms with Gasteiger partial charge >= 0.3 is 12.1 Å². The Morgan fingerprint density at radius 3 is 2.65 bits per heavy atom. The molecule has 1 aliphatic rings. The fourth-order valence-electron chi connectivity index (χ4n) is 3.54. The smallest absolute Gasteiger partial charge is 0.456 e. The Kier molecular flexibility index (Phi) is 5.71. The summed E-state index contributed by atoms with van der Waals surface area (Å²) in [4.78, 5) is 11.7. The zero-order chi connectivity index (χ0) is 22.2. The van der Waals surface area contributed by atoms with Gasteiger partial charge in [-0.1, -0.05) is 18.6 Å². The number of nitrogens with one attached hydrogen (secondary N) is 1. The summed E-state index contributed by atoms with van der Waals surface area (Å²) in [6, 6.07) is 8.46. The minimum atomic E-state index is -5.71. The van der Waals surface area contributed by atoms with E-state index in [1.165, 1.54) is 12.3 Å². The monoisotopic (exact) mass is 459 g/mol. The highest BCUT2D eigenvalue weighted by Crippen LogP contribution is 2.40. The maximum absolute atomic E-state index is 13.3. The molecule has 1 aromatic carbocycles. The largest absolute Gasteiger partial charge is 0.487 e. The quantitative estimate of drug-likeness (QED) is 0.425. The molecule has 0 unspecified atom stereocenters. The van der Waals surface area contributed by atoms with Crippen LogP contribution < -0.4 is 4.74 Å². The lowest BCUT2D eigenvalue weighted by Crippen LogP contribution is -2.41. The van der Waals surface area contributed by atoms with Gasteiger partial charge in [0.1, 0.15) is 5.75 Å². The van der Waals surface area contributed by atoms with Gasteiger partial charge in [-0.25, -0.2) is 4.98 Å². The third-order valence-corrected chi connectivity index (χ3v) is 6.68. The molecule has 0 radical (unpaired) electrons. The van der Waals surface area contributed by atoms with E-state index in [1.54, 1.807) is 18.2 Å². The number of H-pyrrole nitrogens is 1. The molecule has 0 spiro atoms. The number of alkyl halides is 5. The van der Waals surface area contributed by atoms with Crippen molar-refractivity contribution in [1.29, 1.82) is 0 Å². The number of nitrogens with zero attached hydrogens (tertiary/aromatic N) is 2. The Hall–Kier alpha value is -2.56. The number of pyridine rings is 1. The first kappa shape index (κ1) is 21.7. The molecule has 31 heavy (non-hydrogen) atoms. The molecule has 2 aromatic heterocycles. The maximum Gasteiger partial charge on any atom is 0.456 e. The minimum absolute atomic E-state index is 0.0950. The van der Waals surface area contributed by atoms with E-state index >= 15 is 0 Å². The number of imidazole rings is 1. The van der Waals surface area contributed by atoms with Gasteiger partial charge in [-0.2, -0.15) is 22.0 Å². The number of benzene rings is 1. The van der Waals surface area contributed by atoms with Crippen LogP contribution in [0.25, 0.3) is 11.0 Å². The Balaban J connectivity index is 1.65. The van der Waals surface area contributed by atoms with Crippen molar-refractivity contribution in [3.05, 3.63) is 47.8 Å². The van der Waals surface area contributed by atoms with Gasteiger partial charge in [0.25, 0.3) is 0 Å². The molecule has 5 nitrogen and oxygen atoms in total. The SMILES string of the molecule is O=[S@](c1nc2ccccc2[nH]1)[C@H]1CCCCc2c(OCC(F)(F)C(F)(F)F)ccnc21. The van der Waals surface area contributed by atoms with Crippen LogP contribution in [-0.4, -0.2) is 37.9 Å². The molecular weight excluding hydrogens is 441 g/mol. The Morgan fingerprint density at radius 1 is 1.13 bits per heavy atom. The van der Waals surface area contributed by atoms with Crippen LogP contribution in [0.2, 0.25) is 0 Å². The van der Waals surface area contributed by atoms with Crippen LogP contribution in [0, 0.1) is 0 Å². The third-order valence-electron chi connectivity index (χ3n) is 5.13. The topological polar surface area (TPSA) is 67.9 Å². The normalized spacial score (nSPS) is 18.4. The standard InChI is InChI=1S/C20H18F5N3O2S/c21-19(22,20(23,24)25)11-30-15-9-10-26-17-12(15)5-1-4-8-16(17)31(29)18-27-13-6-2-3-7-14(13)28-18/h2-3,6-7,9-10,16H,1,4-5,8,11H2,(H,27,28)/t16-,31-/m0/s1. The molecule has 166 valence electrons. The number of ether oxygens (including phenoxy) is 1. The van der Waals surface area contributed by atoms with Crippen LogP contribution in [-0.2, 0) is 17.2 Å². The number of fused-ring (bicyclic) bond motifs is 2. The molecule has 4 rings (SSSR count). The van der Waals surface area contributed by atoms with Gasteiger partial charge in [-0.3, -0.25) is 9.19 Å². The summed E-state index contributed by atoms with van der Waals surface area (Å²) in [5.41, 5.74) is 2.16. The number of rotatable bonds is 5. The van der Waals surface area contributed by atoms with Crippen molar-refractivity contribution < 1.29 is 30.9 Å². The molecule has 0 saturated heterocycles. The molecule has 3 aromatic rings. The molecular formula is C20H18F5N3O2S. The van der Waals surface area contributed by atoms with Crippen molar-refractivity contribution in [2.75, 3.05) is 6.61 Å². The third kappa shape index (κ3) is 4.28. The van der Waals surface area contributed by atoms with Crippen molar-refractivity contribution in [3.8, 4) is 5.75 Å². The number of hydrogen-bond acceptors (Lipinski definition) is 4. The second kappa shape index (κ2) is 8.18.